The lowest BCUT2D eigenvalue weighted by Crippen LogP contribution is -2.35. The molecule has 1 aromatic carbocycles. The van der Waals surface area contributed by atoms with Crippen molar-refractivity contribution in [3.05, 3.63) is 29.3 Å². The molecular weight excluding hydrogens is 244 g/mol. The van der Waals surface area contributed by atoms with Crippen molar-refractivity contribution in [1.82, 2.24) is 4.90 Å². The van der Waals surface area contributed by atoms with Gasteiger partial charge in [0.1, 0.15) is 0 Å². The fourth-order valence-electron chi connectivity index (χ4n) is 2.20. The molecule has 0 fully saturated rings. The van der Waals surface area contributed by atoms with E-state index in [1.165, 1.54) is 5.56 Å². The minimum Gasteiger partial charge on any atom is -0.481 e. The molecule has 1 heterocycles. The van der Waals surface area contributed by atoms with Crippen LogP contribution in [0.3, 0.4) is 0 Å². The third-order valence-corrected chi connectivity index (χ3v) is 3.27. The normalized spacial score (nSPS) is 13.9. The quantitative estimate of drug-likeness (QED) is 0.801. The van der Waals surface area contributed by atoms with E-state index in [0.717, 1.165) is 24.1 Å². The highest BCUT2D eigenvalue weighted by Gasteiger charge is 2.18. The predicted molar refractivity (Wildman–Crippen MR) is 72.1 cm³/mol. The molecule has 1 aliphatic heterocycles. The second-order valence-electron chi connectivity index (χ2n) is 4.88. The first-order valence-electron chi connectivity index (χ1n) is 6.42. The van der Waals surface area contributed by atoms with Crippen LogP contribution in [0.15, 0.2) is 18.2 Å². The molecule has 2 amide bonds. The Morgan fingerprint density at radius 2 is 2.21 bits per heavy atom. The summed E-state index contributed by atoms with van der Waals surface area (Å²) < 4.78 is 0. The van der Waals surface area contributed by atoms with Crippen molar-refractivity contribution >= 4 is 17.7 Å². The lowest BCUT2D eigenvalue weighted by Gasteiger charge is -2.26. The molecule has 5 nitrogen and oxygen atoms in total. The van der Waals surface area contributed by atoms with Crippen LogP contribution in [-0.2, 0) is 17.8 Å². The van der Waals surface area contributed by atoms with Gasteiger partial charge in [-0.05, 0) is 36.5 Å². The minimum absolute atomic E-state index is 0.0818. The Labute approximate surface area is 112 Å². The fourth-order valence-corrected chi connectivity index (χ4v) is 2.20. The molecule has 19 heavy (non-hydrogen) atoms. The molecule has 1 aliphatic rings. The fraction of sp³-hybridized carbons (Fsp3) is 0.429. The standard InChI is InChI=1S/C14H18N2O3/c1-16-9-11-8-10(4-2-3-5-13(17)18)6-7-12(11)15-14(16)19/h6-8H,2-5,9H2,1H3,(H,15,19)(H,17,18). The number of nitrogens with one attached hydrogen (secondary N) is 1. The Kier molecular flexibility index (Phi) is 4.04. The van der Waals surface area contributed by atoms with Crippen LogP contribution in [-0.4, -0.2) is 29.1 Å². The van der Waals surface area contributed by atoms with E-state index in [1.807, 2.05) is 12.1 Å². The van der Waals surface area contributed by atoms with Crippen LogP contribution in [0.1, 0.15) is 30.4 Å². The van der Waals surface area contributed by atoms with E-state index in [9.17, 15) is 9.59 Å². The smallest absolute Gasteiger partial charge is 0.321 e. The lowest BCUT2D eigenvalue weighted by molar-refractivity contribution is -0.137. The van der Waals surface area contributed by atoms with E-state index in [4.69, 9.17) is 5.11 Å². The Hall–Kier alpha value is -2.04. The van der Waals surface area contributed by atoms with Gasteiger partial charge in [-0.15, -0.1) is 0 Å². The Morgan fingerprint density at radius 3 is 2.95 bits per heavy atom. The van der Waals surface area contributed by atoms with E-state index in [-0.39, 0.29) is 12.5 Å². The topological polar surface area (TPSA) is 69.6 Å². The van der Waals surface area contributed by atoms with E-state index in [1.54, 1.807) is 11.9 Å². The monoisotopic (exact) mass is 262 g/mol. The summed E-state index contributed by atoms with van der Waals surface area (Å²) in [6.45, 7) is 0.615. The van der Waals surface area contributed by atoms with Crippen molar-refractivity contribution in [2.24, 2.45) is 0 Å². The van der Waals surface area contributed by atoms with Crippen molar-refractivity contribution in [1.29, 1.82) is 0 Å². The number of carbonyl (C=O) groups excluding carboxylic acids is 1. The number of unbranched alkanes of at least 4 members (excludes halogenated alkanes) is 1. The summed E-state index contributed by atoms with van der Waals surface area (Å²) >= 11 is 0. The number of nitrogens with zero attached hydrogens (tertiary/aromatic N) is 1. The molecule has 2 N–H and O–H groups in total. The van der Waals surface area contributed by atoms with Crippen LogP contribution in [0.2, 0.25) is 0 Å². The number of amides is 2. The van der Waals surface area contributed by atoms with E-state index >= 15 is 0 Å². The first-order valence-corrected chi connectivity index (χ1v) is 6.42. The maximum Gasteiger partial charge on any atom is 0.321 e. The third-order valence-electron chi connectivity index (χ3n) is 3.27. The van der Waals surface area contributed by atoms with Gasteiger partial charge in [-0.1, -0.05) is 12.1 Å². The van der Waals surface area contributed by atoms with Gasteiger partial charge < -0.3 is 15.3 Å². The number of hydrogen-bond acceptors (Lipinski definition) is 2. The predicted octanol–water partition coefficient (Wildman–Crippen LogP) is 2.46. The van der Waals surface area contributed by atoms with Gasteiger partial charge in [0.15, 0.2) is 0 Å². The number of aryl methyl sites for hydroxylation is 1. The highest BCUT2D eigenvalue weighted by atomic mass is 16.4. The first kappa shape index (κ1) is 13.4. The number of benzene rings is 1. The van der Waals surface area contributed by atoms with Crippen molar-refractivity contribution < 1.29 is 14.7 Å². The molecular formula is C14H18N2O3. The molecule has 0 aliphatic carbocycles. The van der Waals surface area contributed by atoms with Crippen LogP contribution < -0.4 is 5.32 Å². The van der Waals surface area contributed by atoms with Crippen molar-refractivity contribution in [3.63, 3.8) is 0 Å². The number of carboxylic acids is 1. The lowest BCUT2D eigenvalue weighted by atomic mass is 10.0. The maximum atomic E-state index is 11.5. The Morgan fingerprint density at radius 1 is 1.42 bits per heavy atom. The highest BCUT2D eigenvalue weighted by molar-refractivity contribution is 5.92. The average molecular weight is 262 g/mol. The number of anilines is 1. The summed E-state index contributed by atoms with van der Waals surface area (Å²) in [6, 6.07) is 5.92. The summed E-state index contributed by atoms with van der Waals surface area (Å²) in [5.41, 5.74) is 3.17. The molecule has 0 atom stereocenters. The number of rotatable bonds is 5. The molecule has 5 heteroatoms. The second-order valence-corrected chi connectivity index (χ2v) is 4.88. The molecule has 0 spiro atoms. The molecule has 0 aromatic heterocycles. The van der Waals surface area contributed by atoms with E-state index < -0.39 is 5.97 Å². The van der Waals surface area contributed by atoms with Gasteiger partial charge >= 0.3 is 12.0 Å². The Balaban J connectivity index is 1.95. The number of urea groups is 1. The molecule has 2 rings (SSSR count). The number of carbonyl (C=O) groups is 2. The largest absolute Gasteiger partial charge is 0.481 e. The molecule has 0 radical (unpaired) electrons. The van der Waals surface area contributed by atoms with Gasteiger partial charge in [-0.3, -0.25) is 4.79 Å². The van der Waals surface area contributed by atoms with Crippen LogP contribution in [0.4, 0.5) is 10.5 Å². The minimum atomic E-state index is -0.741. The summed E-state index contributed by atoms with van der Waals surface area (Å²) in [5, 5.41) is 11.4. The van der Waals surface area contributed by atoms with Gasteiger partial charge in [0.05, 0.1) is 0 Å². The SMILES string of the molecule is CN1Cc2cc(CCCCC(=O)O)ccc2NC1=O. The molecule has 1 aromatic rings. The van der Waals surface area contributed by atoms with Crippen molar-refractivity contribution in [3.8, 4) is 0 Å². The van der Waals surface area contributed by atoms with Crippen LogP contribution in [0, 0.1) is 0 Å². The first-order chi connectivity index (χ1) is 9.06. The van der Waals surface area contributed by atoms with E-state index in [2.05, 4.69) is 11.4 Å². The van der Waals surface area contributed by atoms with Gasteiger partial charge in [0, 0.05) is 25.7 Å². The summed E-state index contributed by atoms with van der Waals surface area (Å²) in [6.07, 6.45) is 2.66. The summed E-state index contributed by atoms with van der Waals surface area (Å²) in [4.78, 5) is 23.5. The zero-order valence-electron chi connectivity index (χ0n) is 11.0. The highest BCUT2D eigenvalue weighted by Crippen LogP contribution is 2.24. The number of aliphatic carboxylic acids is 1. The van der Waals surface area contributed by atoms with Gasteiger partial charge in [-0.25, -0.2) is 4.79 Å². The maximum absolute atomic E-state index is 11.5. The molecule has 0 saturated heterocycles. The zero-order valence-corrected chi connectivity index (χ0v) is 11.0. The van der Waals surface area contributed by atoms with Gasteiger partial charge in [-0.2, -0.15) is 0 Å². The third kappa shape index (κ3) is 3.47. The Bertz CT molecular complexity index is 499. The zero-order chi connectivity index (χ0) is 13.8. The summed E-state index contributed by atoms with van der Waals surface area (Å²) in [5.74, 6) is -0.741. The second kappa shape index (κ2) is 5.73. The molecule has 0 saturated carbocycles. The number of carboxylic acid groups (broad SMARTS) is 1. The van der Waals surface area contributed by atoms with Crippen LogP contribution in [0.5, 0.6) is 0 Å². The van der Waals surface area contributed by atoms with Crippen LogP contribution >= 0.6 is 0 Å². The van der Waals surface area contributed by atoms with E-state index in [0.29, 0.717) is 13.0 Å². The van der Waals surface area contributed by atoms with Crippen LogP contribution in [0.25, 0.3) is 0 Å². The molecule has 0 bridgehead atoms. The van der Waals surface area contributed by atoms with Crippen molar-refractivity contribution in [2.75, 3.05) is 12.4 Å². The summed E-state index contributed by atoms with van der Waals surface area (Å²) in [7, 11) is 1.76. The molecule has 0 unspecified atom stereocenters. The van der Waals surface area contributed by atoms with Crippen molar-refractivity contribution in [2.45, 2.75) is 32.2 Å². The van der Waals surface area contributed by atoms with Gasteiger partial charge in [0.25, 0.3) is 0 Å². The van der Waals surface area contributed by atoms with Gasteiger partial charge in [0.2, 0.25) is 0 Å². The average Bonchev–Trinajstić information content (AvgIpc) is 2.36. The number of fused-ring (bicyclic) bond motifs is 1. The number of hydrogen-bond donors (Lipinski definition) is 2. The molecule has 102 valence electrons.